The van der Waals surface area contributed by atoms with E-state index in [1.807, 2.05) is 31.2 Å². The molecule has 2 aromatic carbocycles. The average molecular weight is 233 g/mol. The van der Waals surface area contributed by atoms with Crippen LogP contribution in [0.4, 0.5) is 14.5 Å². The summed E-state index contributed by atoms with van der Waals surface area (Å²) in [7, 11) is 0. The molecule has 0 fully saturated rings. The topological polar surface area (TPSA) is 12.0 Å². The van der Waals surface area contributed by atoms with Gasteiger partial charge in [-0.1, -0.05) is 29.8 Å². The normalized spacial score (nSPS) is 10.3. The molecule has 0 saturated heterocycles. The molecule has 2 rings (SSSR count). The first kappa shape index (κ1) is 11.6. The maximum absolute atomic E-state index is 12.9. The molecule has 1 nitrogen and oxygen atoms in total. The Kier molecular flexibility index (Phi) is 3.38. The fourth-order valence-electron chi connectivity index (χ4n) is 1.68. The van der Waals surface area contributed by atoms with Gasteiger partial charge in [-0.15, -0.1) is 0 Å². The lowest BCUT2D eigenvalue weighted by Gasteiger charge is -2.07. The smallest absolute Gasteiger partial charge is 0.128 e. The summed E-state index contributed by atoms with van der Waals surface area (Å²) < 4.78 is 25.9. The maximum Gasteiger partial charge on any atom is 0.128 e. The summed E-state index contributed by atoms with van der Waals surface area (Å²) in [5.74, 6) is -1.14. The van der Waals surface area contributed by atoms with Gasteiger partial charge < -0.3 is 5.32 Å². The van der Waals surface area contributed by atoms with E-state index >= 15 is 0 Å². The molecule has 0 radical (unpaired) electrons. The zero-order chi connectivity index (χ0) is 12.3. The van der Waals surface area contributed by atoms with Crippen molar-refractivity contribution in [1.29, 1.82) is 0 Å². The predicted octanol–water partition coefficient (Wildman–Crippen LogP) is 3.89. The highest BCUT2D eigenvalue weighted by molar-refractivity contribution is 5.44. The minimum absolute atomic E-state index is 0.448. The number of anilines is 1. The van der Waals surface area contributed by atoms with Gasteiger partial charge in [0.2, 0.25) is 0 Å². The molecule has 0 bridgehead atoms. The Morgan fingerprint density at radius 2 is 1.71 bits per heavy atom. The molecule has 0 spiro atoms. The van der Waals surface area contributed by atoms with E-state index in [2.05, 4.69) is 5.32 Å². The van der Waals surface area contributed by atoms with Crippen molar-refractivity contribution in [1.82, 2.24) is 0 Å². The Bertz CT molecular complexity index is 503. The van der Waals surface area contributed by atoms with Crippen LogP contribution in [-0.4, -0.2) is 0 Å². The van der Waals surface area contributed by atoms with E-state index in [-0.39, 0.29) is 0 Å². The van der Waals surface area contributed by atoms with E-state index < -0.39 is 11.6 Å². The lowest BCUT2D eigenvalue weighted by atomic mass is 10.1. The quantitative estimate of drug-likeness (QED) is 0.848. The zero-order valence-corrected chi connectivity index (χ0v) is 9.50. The van der Waals surface area contributed by atoms with Gasteiger partial charge in [0.05, 0.1) is 0 Å². The Labute approximate surface area is 99.1 Å². The molecule has 0 amide bonds. The molecule has 3 heteroatoms. The van der Waals surface area contributed by atoms with Gasteiger partial charge in [-0.25, -0.2) is 8.78 Å². The third-order valence-corrected chi connectivity index (χ3v) is 2.44. The second-order valence-corrected chi connectivity index (χ2v) is 4.00. The van der Waals surface area contributed by atoms with Crippen molar-refractivity contribution in [3.63, 3.8) is 0 Å². The summed E-state index contributed by atoms with van der Waals surface area (Å²) in [6, 6.07) is 11.4. The number of halogens is 2. The Morgan fingerprint density at radius 3 is 2.35 bits per heavy atom. The van der Waals surface area contributed by atoms with Crippen LogP contribution in [-0.2, 0) is 6.54 Å². The zero-order valence-electron chi connectivity index (χ0n) is 9.50. The van der Waals surface area contributed by atoms with Gasteiger partial charge in [0.25, 0.3) is 0 Å². The summed E-state index contributed by atoms with van der Waals surface area (Å²) in [5.41, 5.74) is 2.69. The lowest BCUT2D eigenvalue weighted by Crippen LogP contribution is -2.00. The van der Waals surface area contributed by atoms with Crippen LogP contribution in [0.2, 0.25) is 0 Å². The molecule has 1 N–H and O–H groups in total. The number of hydrogen-bond donors (Lipinski definition) is 1. The molecule has 0 aromatic heterocycles. The molecule has 0 aliphatic heterocycles. The SMILES string of the molecule is Cc1cccc(CNc2cc(F)cc(F)c2)c1. The van der Waals surface area contributed by atoms with Crippen LogP contribution >= 0.6 is 0 Å². The van der Waals surface area contributed by atoms with Crippen molar-refractivity contribution in [3.05, 3.63) is 65.2 Å². The van der Waals surface area contributed by atoms with Crippen molar-refractivity contribution in [2.45, 2.75) is 13.5 Å². The minimum atomic E-state index is -0.572. The van der Waals surface area contributed by atoms with Gasteiger partial charge >= 0.3 is 0 Å². The highest BCUT2D eigenvalue weighted by Crippen LogP contribution is 2.14. The molecule has 0 atom stereocenters. The number of benzene rings is 2. The molecule has 0 unspecified atom stereocenters. The standard InChI is InChI=1S/C14H13F2N/c1-10-3-2-4-11(5-10)9-17-14-7-12(15)6-13(16)8-14/h2-8,17H,9H2,1H3. The first-order valence-corrected chi connectivity index (χ1v) is 5.39. The van der Waals surface area contributed by atoms with E-state index in [1.165, 1.54) is 12.1 Å². The molecular weight excluding hydrogens is 220 g/mol. The van der Waals surface area contributed by atoms with Gasteiger partial charge in [-0.3, -0.25) is 0 Å². The van der Waals surface area contributed by atoms with Crippen molar-refractivity contribution in [2.24, 2.45) is 0 Å². The second-order valence-electron chi connectivity index (χ2n) is 4.00. The molecule has 0 aliphatic carbocycles. The predicted molar refractivity (Wildman–Crippen MR) is 64.9 cm³/mol. The largest absolute Gasteiger partial charge is 0.381 e. The van der Waals surface area contributed by atoms with Crippen molar-refractivity contribution in [3.8, 4) is 0 Å². The minimum Gasteiger partial charge on any atom is -0.381 e. The maximum atomic E-state index is 12.9. The first-order valence-electron chi connectivity index (χ1n) is 5.39. The van der Waals surface area contributed by atoms with Crippen LogP contribution in [0.1, 0.15) is 11.1 Å². The Hall–Kier alpha value is -1.90. The molecule has 88 valence electrons. The molecule has 0 aliphatic rings. The van der Waals surface area contributed by atoms with Gasteiger partial charge in [0.15, 0.2) is 0 Å². The Morgan fingerprint density at radius 1 is 1.00 bits per heavy atom. The van der Waals surface area contributed by atoms with E-state index in [0.29, 0.717) is 12.2 Å². The third kappa shape index (κ3) is 3.28. The molecule has 0 saturated carbocycles. The number of aryl methyl sites for hydroxylation is 1. The number of rotatable bonds is 3. The fraction of sp³-hybridized carbons (Fsp3) is 0.143. The number of hydrogen-bond acceptors (Lipinski definition) is 1. The summed E-state index contributed by atoms with van der Waals surface area (Å²) in [4.78, 5) is 0. The van der Waals surface area contributed by atoms with Crippen molar-refractivity contribution < 1.29 is 8.78 Å². The average Bonchev–Trinajstić information content (AvgIpc) is 2.25. The second kappa shape index (κ2) is 4.95. The lowest BCUT2D eigenvalue weighted by molar-refractivity contribution is 0.584. The summed E-state index contributed by atoms with van der Waals surface area (Å²) in [6.45, 7) is 2.55. The third-order valence-electron chi connectivity index (χ3n) is 2.44. The van der Waals surface area contributed by atoms with Gasteiger partial charge in [0, 0.05) is 18.3 Å². The van der Waals surface area contributed by atoms with Crippen LogP contribution in [0, 0.1) is 18.6 Å². The highest BCUT2D eigenvalue weighted by atomic mass is 19.1. The van der Waals surface area contributed by atoms with Gasteiger partial charge in [0.1, 0.15) is 11.6 Å². The fourth-order valence-corrected chi connectivity index (χ4v) is 1.68. The van der Waals surface area contributed by atoms with Gasteiger partial charge in [-0.05, 0) is 24.6 Å². The van der Waals surface area contributed by atoms with E-state index in [1.54, 1.807) is 0 Å². The van der Waals surface area contributed by atoms with E-state index in [4.69, 9.17) is 0 Å². The van der Waals surface area contributed by atoms with Crippen molar-refractivity contribution in [2.75, 3.05) is 5.32 Å². The molecule has 2 aromatic rings. The van der Waals surface area contributed by atoms with Crippen LogP contribution < -0.4 is 5.32 Å². The molecule has 0 heterocycles. The monoisotopic (exact) mass is 233 g/mol. The number of nitrogens with one attached hydrogen (secondary N) is 1. The first-order chi connectivity index (χ1) is 8.13. The van der Waals surface area contributed by atoms with Crippen LogP contribution in [0.15, 0.2) is 42.5 Å². The molecule has 17 heavy (non-hydrogen) atoms. The Balaban J connectivity index is 2.07. The van der Waals surface area contributed by atoms with E-state index in [0.717, 1.165) is 17.2 Å². The summed E-state index contributed by atoms with van der Waals surface area (Å²) in [5, 5.41) is 2.99. The van der Waals surface area contributed by atoms with Crippen LogP contribution in [0.25, 0.3) is 0 Å². The molecular formula is C14H13F2N. The van der Waals surface area contributed by atoms with Crippen LogP contribution in [0.3, 0.4) is 0 Å². The summed E-state index contributed by atoms with van der Waals surface area (Å²) >= 11 is 0. The highest BCUT2D eigenvalue weighted by Gasteiger charge is 2.00. The summed E-state index contributed by atoms with van der Waals surface area (Å²) in [6.07, 6.45) is 0. The van der Waals surface area contributed by atoms with Gasteiger partial charge in [-0.2, -0.15) is 0 Å². The van der Waals surface area contributed by atoms with Crippen LogP contribution in [0.5, 0.6) is 0 Å². The van der Waals surface area contributed by atoms with E-state index in [9.17, 15) is 8.78 Å². The van der Waals surface area contributed by atoms with Crippen molar-refractivity contribution >= 4 is 5.69 Å².